The Balaban J connectivity index is 0.00000121. The second-order valence-corrected chi connectivity index (χ2v) is 2.59. The second kappa shape index (κ2) is 5.31. The van der Waals surface area contributed by atoms with Crippen molar-refractivity contribution in [2.24, 2.45) is 11.6 Å². The number of halogens is 1. The molecule has 1 aliphatic rings. The van der Waals surface area contributed by atoms with E-state index in [2.05, 4.69) is 0 Å². The second-order valence-electron chi connectivity index (χ2n) is 2.59. The zero-order valence-electron chi connectivity index (χ0n) is 6.66. The summed E-state index contributed by atoms with van der Waals surface area (Å²) >= 11 is 0. The number of amides is 1. The van der Waals surface area contributed by atoms with Gasteiger partial charge in [-0.1, -0.05) is 0 Å². The van der Waals surface area contributed by atoms with E-state index in [4.69, 9.17) is 16.3 Å². The fourth-order valence-corrected chi connectivity index (χ4v) is 1.15. The van der Waals surface area contributed by atoms with Gasteiger partial charge in [-0.05, 0) is 12.8 Å². The van der Waals surface area contributed by atoms with Crippen LogP contribution in [0.3, 0.4) is 0 Å². The lowest BCUT2D eigenvalue weighted by Crippen LogP contribution is -2.50. The number of hydrogen-bond acceptors (Lipinski definition) is 4. The molecule has 0 aromatic rings. The largest absolute Gasteiger partial charge is 0.376 e. The van der Waals surface area contributed by atoms with Gasteiger partial charge in [-0.25, -0.2) is 5.84 Å². The van der Waals surface area contributed by atoms with Gasteiger partial charge in [0.15, 0.2) is 0 Å². The number of nitrogens with two attached hydrogens (primary N) is 2. The highest BCUT2D eigenvalue weighted by Crippen LogP contribution is 2.14. The summed E-state index contributed by atoms with van der Waals surface area (Å²) in [5.74, 6) is 4.54. The molecule has 0 aromatic carbocycles. The number of nitrogens with one attached hydrogen (secondary N) is 1. The Morgan fingerprint density at radius 3 is 2.75 bits per heavy atom. The van der Waals surface area contributed by atoms with E-state index in [-0.39, 0.29) is 24.4 Å². The standard InChI is InChI=1S/C6H13N3O2.ClH/c7-5(6(10)9-8)4-2-1-3-11-4;/h4-5H,1-3,7-8H2,(H,9,10);1H. The molecule has 6 heteroatoms. The number of ether oxygens (including phenoxy) is 1. The summed E-state index contributed by atoms with van der Waals surface area (Å²) in [6.07, 6.45) is 1.66. The van der Waals surface area contributed by atoms with Gasteiger partial charge in [0.25, 0.3) is 5.91 Å². The molecule has 1 aliphatic heterocycles. The molecule has 12 heavy (non-hydrogen) atoms. The Hall–Kier alpha value is -0.360. The highest BCUT2D eigenvalue weighted by molar-refractivity contribution is 5.85. The minimum atomic E-state index is -0.623. The van der Waals surface area contributed by atoms with Crippen LogP contribution < -0.4 is 17.0 Å². The zero-order chi connectivity index (χ0) is 8.27. The average Bonchev–Trinajstić information content (AvgIpc) is 2.53. The van der Waals surface area contributed by atoms with Crippen LogP contribution in [0, 0.1) is 0 Å². The minimum absolute atomic E-state index is 0. The molecular weight excluding hydrogens is 182 g/mol. The van der Waals surface area contributed by atoms with E-state index < -0.39 is 6.04 Å². The van der Waals surface area contributed by atoms with Crippen molar-refractivity contribution in [2.75, 3.05) is 6.61 Å². The molecule has 1 saturated heterocycles. The van der Waals surface area contributed by atoms with Gasteiger partial charge >= 0.3 is 0 Å². The topological polar surface area (TPSA) is 90.4 Å². The van der Waals surface area contributed by atoms with Crippen LogP contribution in [0.25, 0.3) is 0 Å². The van der Waals surface area contributed by atoms with E-state index in [9.17, 15) is 4.79 Å². The average molecular weight is 196 g/mol. The van der Waals surface area contributed by atoms with Crippen molar-refractivity contribution in [3.8, 4) is 0 Å². The summed E-state index contributed by atoms with van der Waals surface area (Å²) < 4.78 is 5.20. The first kappa shape index (κ1) is 11.6. The monoisotopic (exact) mass is 195 g/mol. The van der Waals surface area contributed by atoms with Gasteiger partial charge in [-0.15, -0.1) is 12.4 Å². The van der Waals surface area contributed by atoms with Crippen LogP contribution in [0.4, 0.5) is 0 Å². The molecule has 2 unspecified atom stereocenters. The van der Waals surface area contributed by atoms with Gasteiger partial charge in [-0.2, -0.15) is 0 Å². The maximum Gasteiger partial charge on any atom is 0.253 e. The molecule has 5 nitrogen and oxygen atoms in total. The SMILES string of the molecule is Cl.NNC(=O)C(N)C1CCCO1. The minimum Gasteiger partial charge on any atom is -0.376 e. The molecule has 0 aromatic heterocycles. The van der Waals surface area contributed by atoms with Crippen molar-refractivity contribution in [1.82, 2.24) is 5.43 Å². The summed E-state index contributed by atoms with van der Waals surface area (Å²) in [6.45, 7) is 0.691. The van der Waals surface area contributed by atoms with Crippen molar-refractivity contribution in [2.45, 2.75) is 25.0 Å². The zero-order valence-corrected chi connectivity index (χ0v) is 7.47. The molecule has 5 N–H and O–H groups in total. The predicted octanol–water partition coefficient (Wildman–Crippen LogP) is -1.10. The van der Waals surface area contributed by atoms with Gasteiger partial charge in [0.1, 0.15) is 6.04 Å². The van der Waals surface area contributed by atoms with Crippen LogP contribution in [-0.4, -0.2) is 24.7 Å². The van der Waals surface area contributed by atoms with Crippen LogP contribution in [0.15, 0.2) is 0 Å². The first-order valence-electron chi connectivity index (χ1n) is 3.63. The fraction of sp³-hybridized carbons (Fsp3) is 0.833. The molecule has 2 atom stereocenters. The lowest BCUT2D eigenvalue weighted by Gasteiger charge is -2.15. The van der Waals surface area contributed by atoms with E-state index in [1.165, 1.54) is 0 Å². The van der Waals surface area contributed by atoms with Gasteiger partial charge in [-0.3, -0.25) is 10.2 Å². The first-order chi connectivity index (χ1) is 5.25. The van der Waals surface area contributed by atoms with Crippen molar-refractivity contribution in [3.63, 3.8) is 0 Å². The molecule has 0 aliphatic carbocycles. The molecule has 0 bridgehead atoms. The number of carbonyl (C=O) groups is 1. The van der Waals surface area contributed by atoms with Crippen LogP contribution in [-0.2, 0) is 9.53 Å². The van der Waals surface area contributed by atoms with Gasteiger partial charge in [0.05, 0.1) is 6.10 Å². The van der Waals surface area contributed by atoms with E-state index in [1.807, 2.05) is 5.43 Å². The number of carbonyl (C=O) groups excluding carboxylic acids is 1. The molecule has 1 amide bonds. The maximum absolute atomic E-state index is 10.9. The summed E-state index contributed by atoms with van der Waals surface area (Å²) in [5, 5.41) is 0. The van der Waals surface area contributed by atoms with Crippen LogP contribution in [0.5, 0.6) is 0 Å². The Labute approximate surface area is 77.2 Å². The molecule has 72 valence electrons. The lowest BCUT2D eigenvalue weighted by atomic mass is 10.1. The van der Waals surface area contributed by atoms with Gasteiger partial charge in [0, 0.05) is 6.61 Å². The van der Waals surface area contributed by atoms with Crippen LogP contribution in [0.1, 0.15) is 12.8 Å². The summed E-state index contributed by atoms with van der Waals surface area (Å²) in [5.41, 5.74) is 7.51. The van der Waals surface area contributed by atoms with E-state index in [0.29, 0.717) is 6.61 Å². The third kappa shape index (κ3) is 2.60. The maximum atomic E-state index is 10.9. The molecule has 0 spiro atoms. The van der Waals surface area contributed by atoms with Crippen molar-refractivity contribution in [1.29, 1.82) is 0 Å². The molecule has 1 heterocycles. The third-order valence-corrected chi connectivity index (χ3v) is 1.81. The highest BCUT2D eigenvalue weighted by Gasteiger charge is 2.27. The third-order valence-electron chi connectivity index (χ3n) is 1.81. The predicted molar refractivity (Wildman–Crippen MR) is 46.5 cm³/mol. The molecular formula is C6H14ClN3O2. The molecule has 1 rings (SSSR count). The highest BCUT2D eigenvalue weighted by atomic mass is 35.5. The Kier molecular flexibility index (Phi) is 5.16. The van der Waals surface area contributed by atoms with Crippen molar-refractivity contribution < 1.29 is 9.53 Å². The Bertz CT molecular complexity index is 150. The summed E-state index contributed by atoms with van der Waals surface area (Å²) in [4.78, 5) is 10.9. The van der Waals surface area contributed by atoms with Crippen molar-refractivity contribution in [3.05, 3.63) is 0 Å². The smallest absolute Gasteiger partial charge is 0.253 e. The lowest BCUT2D eigenvalue weighted by molar-refractivity contribution is -0.125. The normalized spacial score (nSPS) is 24.3. The van der Waals surface area contributed by atoms with E-state index >= 15 is 0 Å². The van der Waals surface area contributed by atoms with Crippen molar-refractivity contribution >= 4 is 18.3 Å². The number of rotatable bonds is 2. The van der Waals surface area contributed by atoms with E-state index in [0.717, 1.165) is 12.8 Å². The summed E-state index contributed by atoms with van der Waals surface area (Å²) in [6, 6.07) is -0.623. The number of hydrazine groups is 1. The number of hydrogen-bond donors (Lipinski definition) is 3. The Morgan fingerprint density at radius 1 is 1.67 bits per heavy atom. The van der Waals surface area contributed by atoms with Gasteiger partial charge < -0.3 is 10.5 Å². The molecule has 1 fully saturated rings. The van der Waals surface area contributed by atoms with Crippen LogP contribution >= 0.6 is 12.4 Å². The van der Waals surface area contributed by atoms with Gasteiger partial charge in [0.2, 0.25) is 0 Å². The molecule has 0 saturated carbocycles. The summed E-state index contributed by atoms with van der Waals surface area (Å²) in [7, 11) is 0. The first-order valence-corrected chi connectivity index (χ1v) is 3.63. The Morgan fingerprint density at radius 2 is 2.33 bits per heavy atom. The quantitative estimate of drug-likeness (QED) is 0.297. The van der Waals surface area contributed by atoms with Crippen LogP contribution in [0.2, 0.25) is 0 Å². The molecule has 0 radical (unpaired) electrons. The fourth-order valence-electron chi connectivity index (χ4n) is 1.15. The van der Waals surface area contributed by atoms with E-state index in [1.54, 1.807) is 0 Å².